The fourth-order valence-corrected chi connectivity index (χ4v) is 3.72. The van der Waals surface area contributed by atoms with Crippen molar-refractivity contribution in [2.75, 3.05) is 6.54 Å². The molecule has 2 aromatic carbocycles. The van der Waals surface area contributed by atoms with E-state index in [-0.39, 0.29) is 28.2 Å². The predicted molar refractivity (Wildman–Crippen MR) is 111 cm³/mol. The highest BCUT2D eigenvalue weighted by Crippen LogP contribution is 2.22. The maximum absolute atomic E-state index is 12.4. The van der Waals surface area contributed by atoms with Crippen LogP contribution >= 0.6 is 0 Å². The number of hydrogen-bond donors (Lipinski definition) is 1. The summed E-state index contributed by atoms with van der Waals surface area (Å²) in [5.41, 5.74) is -0.0233. The Labute approximate surface area is 178 Å². The molecule has 1 aromatic heterocycles. The van der Waals surface area contributed by atoms with Crippen LogP contribution in [0.2, 0.25) is 0 Å². The summed E-state index contributed by atoms with van der Waals surface area (Å²) in [4.78, 5) is 22.1. The summed E-state index contributed by atoms with van der Waals surface area (Å²) in [6, 6.07) is 12.0. The van der Waals surface area contributed by atoms with Crippen LogP contribution in [0.15, 0.2) is 71.9 Å². The summed E-state index contributed by atoms with van der Waals surface area (Å²) in [5.74, 6) is -0.165. The Morgan fingerprint density at radius 2 is 1.97 bits per heavy atom. The molecule has 11 heteroatoms. The number of carbonyl (C=O) groups is 1. The first kappa shape index (κ1) is 22.0. The zero-order valence-electron chi connectivity index (χ0n) is 16.5. The van der Waals surface area contributed by atoms with Gasteiger partial charge in [-0.2, -0.15) is 13.5 Å². The van der Waals surface area contributed by atoms with Crippen molar-refractivity contribution in [3.63, 3.8) is 0 Å². The van der Waals surface area contributed by atoms with Gasteiger partial charge in [-0.15, -0.1) is 0 Å². The molecule has 0 aliphatic carbocycles. The third-order valence-corrected chi connectivity index (χ3v) is 5.55. The van der Waals surface area contributed by atoms with Crippen LogP contribution in [-0.2, 0) is 16.7 Å². The lowest BCUT2D eigenvalue weighted by Crippen LogP contribution is -2.30. The first-order chi connectivity index (χ1) is 14.7. The zero-order chi connectivity index (χ0) is 22.4. The van der Waals surface area contributed by atoms with Crippen LogP contribution in [0.25, 0.3) is 0 Å². The Bertz CT molecular complexity index is 1160. The molecule has 31 heavy (non-hydrogen) atoms. The lowest BCUT2D eigenvalue weighted by molar-refractivity contribution is -0.385. The molecule has 0 fully saturated rings. The van der Waals surface area contributed by atoms with E-state index < -0.39 is 15.0 Å². The Morgan fingerprint density at radius 1 is 1.23 bits per heavy atom. The molecule has 1 atom stereocenters. The van der Waals surface area contributed by atoms with Gasteiger partial charge in [-0.1, -0.05) is 13.0 Å². The molecular weight excluding hydrogens is 424 g/mol. The fourth-order valence-electron chi connectivity index (χ4n) is 2.75. The highest BCUT2D eigenvalue weighted by atomic mass is 32.2. The third kappa shape index (κ3) is 5.89. The van der Waals surface area contributed by atoms with Gasteiger partial charge in [0.1, 0.15) is 10.6 Å². The highest BCUT2D eigenvalue weighted by Gasteiger charge is 2.20. The molecule has 0 aliphatic rings. The second-order valence-electron chi connectivity index (χ2n) is 6.86. The average Bonchev–Trinajstić information content (AvgIpc) is 3.25. The summed E-state index contributed by atoms with van der Waals surface area (Å²) in [7, 11) is -4.26. The maximum Gasteiger partial charge on any atom is 0.339 e. The van der Waals surface area contributed by atoms with Gasteiger partial charge in [0, 0.05) is 43.2 Å². The number of aromatic nitrogens is 2. The monoisotopic (exact) mass is 444 g/mol. The van der Waals surface area contributed by atoms with Gasteiger partial charge in [-0.25, -0.2) is 0 Å². The van der Waals surface area contributed by atoms with Crippen molar-refractivity contribution < 1.29 is 22.3 Å². The SMILES string of the molecule is CC(CNC(=O)c1ccc(OS(=O)(=O)c2cccc([N+](=O)[O-])c2)cc1)Cn1cccn1. The van der Waals surface area contributed by atoms with Gasteiger partial charge in [0.2, 0.25) is 0 Å². The minimum Gasteiger partial charge on any atom is -0.379 e. The van der Waals surface area contributed by atoms with Crippen molar-refractivity contribution in [3.05, 3.63) is 82.7 Å². The van der Waals surface area contributed by atoms with Crippen molar-refractivity contribution in [2.45, 2.75) is 18.4 Å². The summed E-state index contributed by atoms with van der Waals surface area (Å²) in [5, 5.41) is 17.8. The second-order valence-corrected chi connectivity index (χ2v) is 8.41. The second kappa shape index (κ2) is 9.39. The molecule has 1 N–H and O–H groups in total. The average molecular weight is 444 g/mol. The van der Waals surface area contributed by atoms with E-state index in [4.69, 9.17) is 4.18 Å². The van der Waals surface area contributed by atoms with Crippen LogP contribution in [0, 0.1) is 16.0 Å². The Hall–Kier alpha value is -3.73. The minimum absolute atomic E-state index is 0.0184. The van der Waals surface area contributed by atoms with Crippen molar-refractivity contribution in [2.24, 2.45) is 5.92 Å². The van der Waals surface area contributed by atoms with Gasteiger partial charge in [0.25, 0.3) is 11.6 Å². The van der Waals surface area contributed by atoms with Gasteiger partial charge < -0.3 is 9.50 Å². The smallest absolute Gasteiger partial charge is 0.339 e. The number of nitrogens with one attached hydrogen (secondary N) is 1. The van der Waals surface area contributed by atoms with Gasteiger partial charge in [0.15, 0.2) is 0 Å². The molecule has 0 aliphatic heterocycles. The van der Waals surface area contributed by atoms with Gasteiger partial charge in [-0.05, 0) is 42.3 Å². The van der Waals surface area contributed by atoms with Gasteiger partial charge in [0.05, 0.1) is 4.92 Å². The van der Waals surface area contributed by atoms with Crippen LogP contribution in [0.3, 0.4) is 0 Å². The van der Waals surface area contributed by atoms with Crippen LogP contribution in [0.4, 0.5) is 5.69 Å². The van der Waals surface area contributed by atoms with E-state index in [1.165, 1.54) is 42.5 Å². The Balaban J connectivity index is 1.59. The molecular formula is C20H20N4O6S. The molecule has 0 radical (unpaired) electrons. The number of benzene rings is 2. The third-order valence-electron chi connectivity index (χ3n) is 4.31. The maximum atomic E-state index is 12.4. The van der Waals surface area contributed by atoms with E-state index in [2.05, 4.69) is 10.4 Å². The number of carbonyl (C=O) groups excluding carboxylic acids is 1. The molecule has 162 valence electrons. The number of non-ortho nitro benzene ring substituents is 1. The van der Waals surface area contributed by atoms with E-state index >= 15 is 0 Å². The quantitative estimate of drug-likeness (QED) is 0.305. The lowest BCUT2D eigenvalue weighted by atomic mass is 10.1. The summed E-state index contributed by atoms with van der Waals surface area (Å²) in [6.07, 6.45) is 3.53. The summed E-state index contributed by atoms with van der Waals surface area (Å²) < 4.78 is 31.5. The number of nitro benzene ring substituents is 1. The molecule has 10 nitrogen and oxygen atoms in total. The molecule has 1 amide bonds. The summed E-state index contributed by atoms with van der Waals surface area (Å²) >= 11 is 0. The molecule has 0 saturated heterocycles. The normalized spacial score (nSPS) is 12.2. The fraction of sp³-hybridized carbons (Fsp3) is 0.200. The predicted octanol–water partition coefficient (Wildman–Crippen LogP) is 2.63. The van der Waals surface area contributed by atoms with Crippen LogP contribution in [-0.4, -0.2) is 35.6 Å². The first-order valence-electron chi connectivity index (χ1n) is 9.29. The van der Waals surface area contributed by atoms with E-state index in [1.54, 1.807) is 10.9 Å². The van der Waals surface area contributed by atoms with Crippen LogP contribution < -0.4 is 9.50 Å². The van der Waals surface area contributed by atoms with Gasteiger partial charge in [-0.3, -0.25) is 19.6 Å². The molecule has 1 unspecified atom stereocenters. The molecule has 1 heterocycles. The topological polar surface area (TPSA) is 133 Å². The van der Waals surface area contributed by atoms with E-state index in [1.807, 2.05) is 19.2 Å². The van der Waals surface area contributed by atoms with Crippen LogP contribution in [0.5, 0.6) is 5.75 Å². The number of nitro groups is 1. The Morgan fingerprint density at radius 3 is 2.61 bits per heavy atom. The lowest BCUT2D eigenvalue weighted by Gasteiger charge is -2.13. The minimum atomic E-state index is -4.26. The summed E-state index contributed by atoms with van der Waals surface area (Å²) in [6.45, 7) is 3.09. The molecule has 0 saturated carbocycles. The van der Waals surface area contributed by atoms with Crippen molar-refractivity contribution in [1.82, 2.24) is 15.1 Å². The van der Waals surface area contributed by atoms with E-state index in [0.717, 1.165) is 6.07 Å². The molecule has 0 bridgehead atoms. The molecule has 3 aromatic rings. The standard InChI is InChI=1S/C20H20N4O6S/c1-15(14-23-11-3-10-22-23)13-21-20(25)16-6-8-18(9-7-16)30-31(28,29)19-5-2-4-17(12-19)24(26)27/h2-12,15H,13-14H2,1H3,(H,21,25). The van der Waals surface area contributed by atoms with Crippen LogP contribution in [0.1, 0.15) is 17.3 Å². The Kier molecular flexibility index (Phi) is 6.65. The van der Waals surface area contributed by atoms with Crippen molar-refractivity contribution in [1.29, 1.82) is 0 Å². The highest BCUT2D eigenvalue weighted by molar-refractivity contribution is 7.87. The number of nitrogens with zero attached hydrogens (tertiary/aromatic N) is 3. The first-order valence-corrected chi connectivity index (χ1v) is 10.7. The van der Waals surface area contributed by atoms with Gasteiger partial charge >= 0.3 is 10.1 Å². The number of hydrogen-bond acceptors (Lipinski definition) is 7. The van der Waals surface area contributed by atoms with E-state index in [9.17, 15) is 23.3 Å². The van der Waals surface area contributed by atoms with E-state index in [0.29, 0.717) is 18.7 Å². The number of rotatable bonds is 9. The molecule has 3 rings (SSSR count). The van der Waals surface area contributed by atoms with Crippen molar-refractivity contribution in [3.8, 4) is 5.75 Å². The molecule has 0 spiro atoms. The number of amides is 1. The van der Waals surface area contributed by atoms with Crippen molar-refractivity contribution >= 4 is 21.7 Å². The largest absolute Gasteiger partial charge is 0.379 e. The zero-order valence-corrected chi connectivity index (χ0v) is 17.4.